The lowest BCUT2D eigenvalue weighted by atomic mass is 10.2. The number of aliphatic carboxylic acids is 2. The van der Waals surface area contributed by atoms with Crippen LogP contribution in [0.25, 0.3) is 0 Å². The van der Waals surface area contributed by atoms with E-state index in [2.05, 4.69) is 0 Å². The van der Waals surface area contributed by atoms with E-state index >= 15 is 0 Å². The Bertz CT molecular complexity index is 222. The zero-order chi connectivity index (χ0) is 12.9. The molecule has 0 aromatic heterocycles. The summed E-state index contributed by atoms with van der Waals surface area (Å²) < 4.78 is 10.1. The van der Waals surface area contributed by atoms with Crippen molar-refractivity contribution in [2.24, 2.45) is 0 Å². The summed E-state index contributed by atoms with van der Waals surface area (Å²) in [6.07, 6.45) is -3.78. The normalized spacial score (nSPS) is 15.1. The third-order valence-electron chi connectivity index (χ3n) is 1.60. The highest BCUT2D eigenvalue weighted by Gasteiger charge is 2.37. The Hall–Kier alpha value is -1.14. The topological polar surface area (TPSA) is 93.1 Å². The minimum atomic E-state index is -1.50. The van der Waals surface area contributed by atoms with Gasteiger partial charge in [-0.15, -0.1) is 0 Å². The van der Waals surface area contributed by atoms with Crippen LogP contribution in [0.2, 0.25) is 0 Å². The second kappa shape index (κ2) is 6.44. The Kier molecular flexibility index (Phi) is 5.98. The van der Waals surface area contributed by atoms with Gasteiger partial charge in [0.15, 0.2) is 12.2 Å². The Labute approximate surface area is 94.2 Å². The van der Waals surface area contributed by atoms with Crippen molar-refractivity contribution < 1.29 is 29.3 Å². The van der Waals surface area contributed by atoms with E-state index in [0.717, 1.165) is 0 Å². The molecule has 0 saturated carbocycles. The molecule has 2 unspecified atom stereocenters. The van der Waals surface area contributed by atoms with Gasteiger partial charge in [-0.2, -0.15) is 0 Å². The number of rotatable bonds is 7. The van der Waals surface area contributed by atoms with Crippen molar-refractivity contribution >= 4 is 11.9 Å². The van der Waals surface area contributed by atoms with Gasteiger partial charge in [0, 0.05) is 0 Å². The van der Waals surface area contributed by atoms with Gasteiger partial charge < -0.3 is 19.7 Å². The molecule has 0 saturated heterocycles. The first-order chi connectivity index (χ1) is 7.25. The second-order valence-electron chi connectivity index (χ2n) is 3.89. The maximum absolute atomic E-state index is 10.9. The molecule has 2 atom stereocenters. The first-order valence-corrected chi connectivity index (χ1v) is 5.02. The average Bonchev–Trinajstić information content (AvgIpc) is 2.09. The van der Waals surface area contributed by atoms with Crippen LogP contribution in [0, 0.1) is 0 Å². The number of carbonyl (C=O) groups is 2. The summed E-state index contributed by atoms with van der Waals surface area (Å²) in [7, 11) is 0. The Morgan fingerprint density at radius 1 is 0.812 bits per heavy atom. The molecule has 16 heavy (non-hydrogen) atoms. The van der Waals surface area contributed by atoms with Crippen LogP contribution in [0.5, 0.6) is 0 Å². The van der Waals surface area contributed by atoms with Crippen LogP contribution in [0.4, 0.5) is 0 Å². The number of carboxylic acid groups (broad SMARTS) is 2. The van der Waals surface area contributed by atoms with Crippen LogP contribution >= 0.6 is 0 Å². The summed E-state index contributed by atoms with van der Waals surface area (Å²) in [4.78, 5) is 21.8. The predicted molar refractivity (Wildman–Crippen MR) is 55.3 cm³/mol. The van der Waals surface area contributed by atoms with Crippen LogP contribution in [0.15, 0.2) is 0 Å². The summed E-state index contributed by atoms with van der Waals surface area (Å²) in [6, 6.07) is 0. The van der Waals surface area contributed by atoms with Crippen molar-refractivity contribution in [2.75, 3.05) is 0 Å². The van der Waals surface area contributed by atoms with Gasteiger partial charge >= 0.3 is 11.9 Å². The third kappa shape index (κ3) is 5.09. The highest BCUT2D eigenvalue weighted by atomic mass is 16.6. The van der Waals surface area contributed by atoms with Crippen LogP contribution in [-0.4, -0.2) is 46.6 Å². The summed E-state index contributed by atoms with van der Waals surface area (Å²) in [5.74, 6) is -2.69. The standard InChI is InChI=1S/C10H18O6/c1-5(2)15-7(9(11)12)8(10(13)14)16-6(3)4/h5-8H,1-4H3,(H,11,12)(H,13,14). The minimum absolute atomic E-state index is 0.390. The van der Waals surface area contributed by atoms with E-state index in [4.69, 9.17) is 19.7 Å². The first kappa shape index (κ1) is 14.9. The van der Waals surface area contributed by atoms with Crippen molar-refractivity contribution in [1.82, 2.24) is 0 Å². The quantitative estimate of drug-likeness (QED) is 0.675. The summed E-state index contributed by atoms with van der Waals surface area (Å²) in [6.45, 7) is 6.52. The van der Waals surface area contributed by atoms with Gasteiger partial charge in [-0.3, -0.25) is 0 Å². The number of hydrogen-bond acceptors (Lipinski definition) is 4. The fraction of sp³-hybridized carbons (Fsp3) is 0.800. The smallest absolute Gasteiger partial charge is 0.336 e. The molecule has 0 aromatic carbocycles. The van der Waals surface area contributed by atoms with Gasteiger partial charge in [-0.1, -0.05) is 0 Å². The fourth-order valence-corrected chi connectivity index (χ4v) is 1.10. The SMILES string of the molecule is CC(C)OC(C(=O)O)C(OC(C)C)C(=O)O. The molecular weight excluding hydrogens is 216 g/mol. The van der Waals surface area contributed by atoms with E-state index in [1.165, 1.54) is 0 Å². The van der Waals surface area contributed by atoms with Crippen molar-refractivity contribution in [3.05, 3.63) is 0 Å². The Morgan fingerprint density at radius 2 is 1.06 bits per heavy atom. The zero-order valence-electron chi connectivity index (χ0n) is 9.84. The molecule has 6 heteroatoms. The van der Waals surface area contributed by atoms with Gasteiger partial charge in [0.2, 0.25) is 0 Å². The number of carboxylic acids is 2. The molecule has 0 heterocycles. The molecule has 0 radical (unpaired) electrons. The molecule has 0 aromatic rings. The molecule has 0 spiro atoms. The van der Waals surface area contributed by atoms with Crippen LogP contribution in [0.1, 0.15) is 27.7 Å². The first-order valence-electron chi connectivity index (χ1n) is 5.02. The van der Waals surface area contributed by atoms with Crippen LogP contribution < -0.4 is 0 Å². The van der Waals surface area contributed by atoms with Crippen molar-refractivity contribution in [1.29, 1.82) is 0 Å². The minimum Gasteiger partial charge on any atom is -0.479 e. The second-order valence-corrected chi connectivity index (χ2v) is 3.89. The molecule has 0 rings (SSSR count). The predicted octanol–water partition coefficient (Wildman–Crippen LogP) is 0.743. The zero-order valence-corrected chi connectivity index (χ0v) is 9.84. The third-order valence-corrected chi connectivity index (χ3v) is 1.60. The van der Waals surface area contributed by atoms with E-state index in [1.54, 1.807) is 27.7 Å². The van der Waals surface area contributed by atoms with Crippen LogP contribution in [-0.2, 0) is 19.1 Å². The highest BCUT2D eigenvalue weighted by molar-refractivity contribution is 5.83. The molecule has 6 nitrogen and oxygen atoms in total. The van der Waals surface area contributed by atoms with E-state index in [9.17, 15) is 9.59 Å². The maximum Gasteiger partial charge on any atom is 0.336 e. The number of hydrogen-bond donors (Lipinski definition) is 2. The van der Waals surface area contributed by atoms with E-state index in [1.807, 2.05) is 0 Å². The van der Waals surface area contributed by atoms with Crippen molar-refractivity contribution in [2.45, 2.75) is 52.1 Å². The Balaban J connectivity index is 4.80. The lowest BCUT2D eigenvalue weighted by Gasteiger charge is -2.24. The summed E-state index contributed by atoms with van der Waals surface area (Å²) in [5.41, 5.74) is 0. The largest absolute Gasteiger partial charge is 0.479 e. The fourth-order valence-electron chi connectivity index (χ4n) is 1.10. The van der Waals surface area contributed by atoms with E-state index in [-0.39, 0.29) is 0 Å². The van der Waals surface area contributed by atoms with Gasteiger partial charge in [0.05, 0.1) is 12.2 Å². The van der Waals surface area contributed by atoms with E-state index in [0.29, 0.717) is 0 Å². The summed E-state index contributed by atoms with van der Waals surface area (Å²) >= 11 is 0. The maximum atomic E-state index is 10.9. The molecule has 0 aliphatic carbocycles. The van der Waals surface area contributed by atoms with Crippen molar-refractivity contribution in [3.63, 3.8) is 0 Å². The lowest BCUT2D eigenvalue weighted by molar-refractivity contribution is -0.184. The molecular formula is C10H18O6. The summed E-state index contributed by atoms with van der Waals surface area (Å²) in [5, 5.41) is 17.8. The van der Waals surface area contributed by atoms with Gasteiger partial charge in [-0.25, -0.2) is 9.59 Å². The molecule has 0 aliphatic heterocycles. The number of ether oxygens (including phenoxy) is 2. The highest BCUT2D eigenvalue weighted by Crippen LogP contribution is 2.11. The van der Waals surface area contributed by atoms with Crippen molar-refractivity contribution in [3.8, 4) is 0 Å². The van der Waals surface area contributed by atoms with Gasteiger partial charge in [-0.05, 0) is 27.7 Å². The van der Waals surface area contributed by atoms with Gasteiger partial charge in [0.1, 0.15) is 0 Å². The molecule has 0 aliphatic rings. The molecule has 0 fully saturated rings. The monoisotopic (exact) mass is 234 g/mol. The lowest BCUT2D eigenvalue weighted by Crippen LogP contribution is -2.45. The average molecular weight is 234 g/mol. The molecule has 2 N–H and O–H groups in total. The van der Waals surface area contributed by atoms with E-state index < -0.39 is 36.4 Å². The molecule has 0 amide bonds. The van der Waals surface area contributed by atoms with Gasteiger partial charge in [0.25, 0.3) is 0 Å². The molecule has 94 valence electrons. The van der Waals surface area contributed by atoms with Crippen LogP contribution in [0.3, 0.4) is 0 Å². The Morgan fingerprint density at radius 3 is 1.19 bits per heavy atom. The molecule has 0 bridgehead atoms.